The first kappa shape index (κ1) is 18.7. The molecule has 138 valence electrons. The number of carbonyl (C=O) groups excluding carboxylic acids is 1. The lowest BCUT2D eigenvalue weighted by atomic mass is 10.2. The lowest BCUT2D eigenvalue weighted by Gasteiger charge is -2.21. The summed E-state index contributed by atoms with van der Waals surface area (Å²) in [6.07, 6.45) is 1.66. The van der Waals surface area contributed by atoms with Crippen molar-refractivity contribution in [3.63, 3.8) is 0 Å². The summed E-state index contributed by atoms with van der Waals surface area (Å²) in [7, 11) is -1.98. The van der Waals surface area contributed by atoms with Crippen molar-refractivity contribution in [2.45, 2.75) is 17.7 Å². The van der Waals surface area contributed by atoms with Gasteiger partial charge in [-0.3, -0.25) is 15.2 Å². The zero-order chi connectivity index (χ0) is 18.7. The van der Waals surface area contributed by atoms with Crippen LogP contribution in [0.15, 0.2) is 53.4 Å². The number of carbonyl (C=O) groups is 1. The zero-order valence-corrected chi connectivity index (χ0v) is 15.9. The maximum Gasteiger partial charge on any atom is 0.269 e. The monoisotopic (exact) mass is 393 g/mol. The Hall–Kier alpha value is -2.09. The fraction of sp³-hybridized carbons (Fsp3) is 0.278. The normalized spacial score (nSPS) is 15.0. The summed E-state index contributed by atoms with van der Waals surface area (Å²) in [5.41, 5.74) is 3.76. The van der Waals surface area contributed by atoms with Gasteiger partial charge in [0.2, 0.25) is 10.0 Å². The first-order valence-electron chi connectivity index (χ1n) is 8.29. The highest BCUT2D eigenvalue weighted by Gasteiger charge is 2.29. The molecule has 2 aromatic carbocycles. The van der Waals surface area contributed by atoms with Gasteiger partial charge in [0, 0.05) is 25.7 Å². The highest BCUT2D eigenvalue weighted by molar-refractivity contribution is 7.89. The predicted octanol–water partition coefficient (Wildman–Crippen LogP) is 2.91. The quantitative estimate of drug-likeness (QED) is 0.793. The van der Waals surface area contributed by atoms with Gasteiger partial charge in [0.1, 0.15) is 4.90 Å². The number of hydrogen-bond acceptors (Lipinski definition) is 4. The van der Waals surface area contributed by atoms with Gasteiger partial charge >= 0.3 is 0 Å². The molecule has 1 aliphatic heterocycles. The third-order valence-corrected chi connectivity index (χ3v) is 6.67. The molecule has 0 aliphatic carbocycles. The van der Waals surface area contributed by atoms with E-state index in [9.17, 15) is 13.2 Å². The van der Waals surface area contributed by atoms with E-state index in [1.54, 1.807) is 12.1 Å². The molecule has 0 radical (unpaired) electrons. The van der Waals surface area contributed by atoms with Crippen LogP contribution in [0.4, 0.5) is 5.69 Å². The number of nitrogens with one attached hydrogen (secondary N) is 1. The van der Waals surface area contributed by atoms with E-state index in [1.165, 1.54) is 22.5 Å². The average molecular weight is 394 g/mol. The number of halogens is 1. The molecule has 1 amide bonds. The third kappa shape index (κ3) is 3.85. The second kappa shape index (κ2) is 7.65. The van der Waals surface area contributed by atoms with Crippen LogP contribution in [0, 0.1) is 0 Å². The SMILES string of the molecule is CN(NC(=O)c1ccc(Cl)c(S(=O)(=O)N2CCCC2)c1)c1ccccc1. The van der Waals surface area contributed by atoms with Gasteiger partial charge in [0.15, 0.2) is 0 Å². The lowest BCUT2D eigenvalue weighted by molar-refractivity contribution is 0.0951. The topological polar surface area (TPSA) is 69.7 Å². The van der Waals surface area contributed by atoms with Crippen LogP contribution in [0.1, 0.15) is 23.2 Å². The fourth-order valence-electron chi connectivity index (χ4n) is 2.84. The number of nitrogens with zero attached hydrogens (tertiary/aromatic N) is 2. The average Bonchev–Trinajstić information content (AvgIpc) is 3.18. The first-order chi connectivity index (χ1) is 12.4. The van der Waals surface area contributed by atoms with Crippen molar-refractivity contribution in [2.24, 2.45) is 0 Å². The first-order valence-corrected chi connectivity index (χ1v) is 10.1. The number of anilines is 1. The fourth-order valence-corrected chi connectivity index (χ4v) is 4.86. The summed E-state index contributed by atoms with van der Waals surface area (Å²) in [4.78, 5) is 12.5. The predicted molar refractivity (Wildman–Crippen MR) is 102 cm³/mol. The largest absolute Gasteiger partial charge is 0.288 e. The van der Waals surface area contributed by atoms with Crippen LogP contribution >= 0.6 is 11.6 Å². The molecule has 1 N–H and O–H groups in total. The van der Waals surface area contributed by atoms with E-state index >= 15 is 0 Å². The molecule has 0 bridgehead atoms. The molecular formula is C18H20ClN3O3S. The summed E-state index contributed by atoms with van der Waals surface area (Å²) < 4.78 is 27.0. The van der Waals surface area contributed by atoms with Gasteiger partial charge in [-0.25, -0.2) is 8.42 Å². The van der Waals surface area contributed by atoms with Crippen LogP contribution in [-0.2, 0) is 10.0 Å². The number of para-hydroxylation sites is 1. The number of hydrogen-bond donors (Lipinski definition) is 1. The molecule has 1 fully saturated rings. The highest BCUT2D eigenvalue weighted by Crippen LogP contribution is 2.28. The van der Waals surface area contributed by atoms with Crippen molar-refractivity contribution in [3.8, 4) is 0 Å². The Balaban J connectivity index is 1.84. The van der Waals surface area contributed by atoms with Crippen LogP contribution in [0.2, 0.25) is 5.02 Å². The number of rotatable bonds is 5. The van der Waals surface area contributed by atoms with Gasteiger partial charge < -0.3 is 0 Å². The molecule has 8 heteroatoms. The Morgan fingerprint density at radius 1 is 1.12 bits per heavy atom. The Morgan fingerprint density at radius 3 is 2.42 bits per heavy atom. The maximum absolute atomic E-state index is 12.8. The molecule has 26 heavy (non-hydrogen) atoms. The Kier molecular flexibility index (Phi) is 5.50. The van der Waals surface area contributed by atoms with E-state index in [1.807, 2.05) is 30.3 Å². The molecule has 0 aromatic heterocycles. The summed E-state index contributed by atoms with van der Waals surface area (Å²) in [5, 5.41) is 1.69. The second-order valence-corrected chi connectivity index (χ2v) is 8.41. The maximum atomic E-state index is 12.8. The van der Waals surface area contributed by atoms with E-state index < -0.39 is 15.9 Å². The van der Waals surface area contributed by atoms with Gasteiger partial charge in [-0.05, 0) is 43.2 Å². The minimum Gasteiger partial charge on any atom is -0.288 e. The van der Waals surface area contributed by atoms with Crippen molar-refractivity contribution < 1.29 is 13.2 Å². The zero-order valence-electron chi connectivity index (χ0n) is 14.4. The van der Waals surface area contributed by atoms with E-state index in [-0.39, 0.29) is 15.5 Å². The molecule has 6 nitrogen and oxygen atoms in total. The smallest absolute Gasteiger partial charge is 0.269 e. The van der Waals surface area contributed by atoms with Crippen molar-refractivity contribution in [3.05, 3.63) is 59.1 Å². The summed E-state index contributed by atoms with van der Waals surface area (Å²) in [5.74, 6) is -0.411. The van der Waals surface area contributed by atoms with E-state index in [4.69, 9.17) is 11.6 Å². The van der Waals surface area contributed by atoms with Crippen molar-refractivity contribution >= 4 is 33.2 Å². The molecule has 0 atom stereocenters. The van der Waals surface area contributed by atoms with Crippen molar-refractivity contribution in [2.75, 3.05) is 25.1 Å². The Labute approximate surface area is 158 Å². The van der Waals surface area contributed by atoms with Crippen LogP contribution < -0.4 is 10.4 Å². The van der Waals surface area contributed by atoms with Gasteiger partial charge in [-0.1, -0.05) is 29.8 Å². The number of benzene rings is 2. The van der Waals surface area contributed by atoms with Crippen LogP contribution in [0.5, 0.6) is 0 Å². The molecule has 1 aliphatic rings. The van der Waals surface area contributed by atoms with Gasteiger partial charge in [0.25, 0.3) is 5.91 Å². The van der Waals surface area contributed by atoms with Crippen molar-refractivity contribution in [1.29, 1.82) is 0 Å². The molecule has 0 spiro atoms. The minimum atomic E-state index is -3.70. The Bertz CT molecular complexity index is 897. The second-order valence-electron chi connectivity index (χ2n) is 6.09. The van der Waals surface area contributed by atoms with Crippen LogP contribution in [-0.4, -0.2) is 38.8 Å². The Morgan fingerprint density at radius 2 is 1.77 bits per heavy atom. The molecular weight excluding hydrogens is 374 g/mol. The number of hydrazine groups is 1. The number of amides is 1. The molecule has 3 rings (SSSR count). The van der Waals surface area contributed by atoms with Crippen LogP contribution in [0.3, 0.4) is 0 Å². The van der Waals surface area contributed by atoms with Gasteiger partial charge in [-0.2, -0.15) is 4.31 Å². The van der Waals surface area contributed by atoms with Crippen molar-refractivity contribution in [1.82, 2.24) is 9.73 Å². The molecule has 2 aromatic rings. The summed E-state index contributed by atoms with van der Waals surface area (Å²) in [6, 6.07) is 13.6. The van der Waals surface area contributed by atoms with E-state index in [0.29, 0.717) is 13.1 Å². The molecule has 0 saturated carbocycles. The van der Waals surface area contributed by atoms with Gasteiger partial charge in [0.05, 0.1) is 10.7 Å². The van der Waals surface area contributed by atoms with E-state index in [2.05, 4.69) is 5.43 Å². The summed E-state index contributed by atoms with van der Waals surface area (Å²) in [6.45, 7) is 0.956. The summed E-state index contributed by atoms with van der Waals surface area (Å²) >= 11 is 6.12. The van der Waals surface area contributed by atoms with Gasteiger partial charge in [-0.15, -0.1) is 0 Å². The third-order valence-electron chi connectivity index (χ3n) is 4.29. The molecule has 1 heterocycles. The highest BCUT2D eigenvalue weighted by atomic mass is 35.5. The van der Waals surface area contributed by atoms with E-state index in [0.717, 1.165) is 18.5 Å². The number of sulfonamides is 1. The molecule has 1 saturated heterocycles. The van der Waals surface area contributed by atoms with Crippen LogP contribution in [0.25, 0.3) is 0 Å². The minimum absolute atomic E-state index is 0.0314. The molecule has 0 unspecified atom stereocenters. The lowest BCUT2D eigenvalue weighted by Crippen LogP contribution is -2.39. The standard InChI is InChI=1S/C18H20ClN3O3S/c1-21(15-7-3-2-4-8-15)20-18(23)14-9-10-16(19)17(13-14)26(24,25)22-11-5-6-12-22/h2-4,7-10,13H,5-6,11-12H2,1H3,(H,20,23).